The van der Waals surface area contributed by atoms with Crippen LogP contribution in [0.3, 0.4) is 0 Å². The van der Waals surface area contributed by atoms with Crippen LogP contribution >= 0.6 is 0 Å². The monoisotopic (exact) mass is 226 g/mol. The van der Waals surface area contributed by atoms with Gasteiger partial charge >= 0.3 is 6.09 Å². The van der Waals surface area contributed by atoms with E-state index in [9.17, 15) is 9.59 Å². The van der Waals surface area contributed by atoms with Gasteiger partial charge in [0.1, 0.15) is 5.54 Å². The fourth-order valence-corrected chi connectivity index (χ4v) is 1.77. The molecular formula is C11H18N2O3. The fourth-order valence-electron chi connectivity index (χ4n) is 1.77. The summed E-state index contributed by atoms with van der Waals surface area (Å²) in [4.78, 5) is 26.8. The molecule has 90 valence electrons. The van der Waals surface area contributed by atoms with Crippen LogP contribution in [0.4, 0.5) is 4.79 Å². The van der Waals surface area contributed by atoms with Crippen LogP contribution in [0.15, 0.2) is 11.8 Å². The maximum Gasteiger partial charge on any atom is 0.410 e. The van der Waals surface area contributed by atoms with Crippen molar-refractivity contribution in [3.05, 3.63) is 11.8 Å². The van der Waals surface area contributed by atoms with E-state index in [4.69, 9.17) is 0 Å². The minimum Gasteiger partial charge on any atom is -0.453 e. The number of nitrogens with zero attached hydrogens (tertiary/aromatic N) is 2. The number of carbonyl (C=O) groups excluding carboxylic acids is 2. The van der Waals surface area contributed by atoms with Crippen LogP contribution in [0, 0.1) is 0 Å². The number of carbonyl (C=O) groups is 2. The molecule has 0 N–H and O–H groups in total. The molecule has 1 amide bonds. The van der Waals surface area contributed by atoms with Crippen molar-refractivity contribution in [2.75, 3.05) is 27.7 Å². The van der Waals surface area contributed by atoms with Gasteiger partial charge in [-0.1, -0.05) is 0 Å². The lowest BCUT2D eigenvalue weighted by Gasteiger charge is -2.27. The summed E-state index contributed by atoms with van der Waals surface area (Å²) in [5.74, 6) is -0.0356. The standard InChI is InChI=1S/C11H18N2O3/c1-11(2)9(14)8(6-12(3)4)7-13(11)10(15)16-5/h6H,7H2,1-5H3/b8-6+. The van der Waals surface area contributed by atoms with Gasteiger partial charge in [0, 0.05) is 25.9 Å². The molecule has 1 aliphatic heterocycles. The lowest BCUT2D eigenvalue weighted by molar-refractivity contribution is -0.120. The summed E-state index contributed by atoms with van der Waals surface area (Å²) < 4.78 is 4.67. The molecule has 5 heteroatoms. The number of likely N-dealkylation sites (tertiary alicyclic amines) is 1. The first kappa shape index (κ1) is 12.5. The Morgan fingerprint density at radius 3 is 2.50 bits per heavy atom. The van der Waals surface area contributed by atoms with Gasteiger partial charge in [-0.25, -0.2) is 4.79 Å². The van der Waals surface area contributed by atoms with E-state index >= 15 is 0 Å². The van der Waals surface area contributed by atoms with Gasteiger partial charge in [0.25, 0.3) is 0 Å². The van der Waals surface area contributed by atoms with Gasteiger partial charge in [-0.3, -0.25) is 9.69 Å². The highest BCUT2D eigenvalue weighted by molar-refractivity contribution is 6.07. The largest absolute Gasteiger partial charge is 0.453 e. The number of ether oxygens (including phenoxy) is 1. The second-order valence-electron chi connectivity index (χ2n) is 4.56. The highest BCUT2D eigenvalue weighted by atomic mass is 16.5. The van der Waals surface area contributed by atoms with Gasteiger partial charge in [0.15, 0.2) is 5.78 Å². The summed E-state index contributed by atoms with van der Waals surface area (Å²) in [6, 6.07) is 0. The molecule has 0 bridgehead atoms. The predicted octanol–water partition coefficient (Wildman–Crippen LogP) is 0.862. The Balaban J connectivity index is 3.03. The number of Topliss-reactive ketones (excluding diaryl/α,β-unsaturated/α-hetero) is 1. The van der Waals surface area contributed by atoms with E-state index in [1.165, 1.54) is 12.0 Å². The summed E-state index contributed by atoms with van der Waals surface area (Å²) in [6.07, 6.45) is 1.27. The van der Waals surface area contributed by atoms with Crippen molar-refractivity contribution in [2.45, 2.75) is 19.4 Å². The Hall–Kier alpha value is -1.52. The smallest absolute Gasteiger partial charge is 0.410 e. The van der Waals surface area contributed by atoms with Crippen LogP contribution in [0.2, 0.25) is 0 Å². The lowest BCUT2D eigenvalue weighted by atomic mass is 9.99. The van der Waals surface area contributed by atoms with Crippen LogP contribution in [-0.2, 0) is 9.53 Å². The van der Waals surface area contributed by atoms with Crippen LogP contribution < -0.4 is 0 Å². The molecule has 0 atom stereocenters. The molecule has 1 saturated heterocycles. The quantitative estimate of drug-likeness (QED) is 0.622. The zero-order valence-corrected chi connectivity index (χ0v) is 10.4. The highest BCUT2D eigenvalue weighted by Crippen LogP contribution is 2.29. The fraction of sp³-hybridized carbons (Fsp3) is 0.636. The van der Waals surface area contributed by atoms with Gasteiger partial charge in [-0.05, 0) is 13.8 Å². The van der Waals surface area contributed by atoms with Crippen LogP contribution in [0.25, 0.3) is 0 Å². The molecule has 0 aliphatic carbocycles. The zero-order valence-electron chi connectivity index (χ0n) is 10.4. The zero-order chi connectivity index (χ0) is 12.5. The summed E-state index contributed by atoms with van der Waals surface area (Å²) >= 11 is 0. The molecule has 1 aliphatic rings. The molecule has 16 heavy (non-hydrogen) atoms. The SMILES string of the molecule is COC(=O)N1C/C(=C\N(C)C)C(=O)C1(C)C. The van der Waals surface area contributed by atoms with Crippen LogP contribution in [-0.4, -0.2) is 55.0 Å². The number of amides is 1. The summed E-state index contributed by atoms with van der Waals surface area (Å²) in [7, 11) is 5.00. The Bertz CT molecular complexity index is 345. The average molecular weight is 226 g/mol. The first-order valence-corrected chi connectivity index (χ1v) is 5.08. The van der Waals surface area contributed by atoms with Gasteiger partial charge < -0.3 is 9.64 Å². The van der Waals surface area contributed by atoms with Crippen molar-refractivity contribution in [1.82, 2.24) is 9.80 Å². The van der Waals surface area contributed by atoms with E-state index in [0.29, 0.717) is 12.1 Å². The third-order valence-electron chi connectivity index (χ3n) is 2.66. The topological polar surface area (TPSA) is 49.9 Å². The Morgan fingerprint density at radius 2 is 2.06 bits per heavy atom. The normalized spacial score (nSPS) is 21.4. The van der Waals surface area contributed by atoms with E-state index < -0.39 is 11.6 Å². The Kier molecular flexibility index (Phi) is 3.26. The minimum atomic E-state index is -0.824. The molecule has 0 unspecified atom stereocenters. The number of methoxy groups -OCH3 is 1. The molecular weight excluding hydrogens is 208 g/mol. The second-order valence-corrected chi connectivity index (χ2v) is 4.56. The van der Waals surface area contributed by atoms with E-state index in [2.05, 4.69) is 4.74 Å². The Labute approximate surface area is 95.6 Å². The maximum atomic E-state index is 12.0. The lowest BCUT2D eigenvalue weighted by Crippen LogP contribution is -2.46. The van der Waals surface area contributed by atoms with Gasteiger partial charge in [0.2, 0.25) is 0 Å². The second kappa shape index (κ2) is 4.15. The van der Waals surface area contributed by atoms with Gasteiger partial charge in [0.05, 0.1) is 13.7 Å². The van der Waals surface area contributed by atoms with Crippen molar-refractivity contribution >= 4 is 11.9 Å². The van der Waals surface area contributed by atoms with E-state index in [0.717, 1.165) is 0 Å². The minimum absolute atomic E-state index is 0.0356. The number of rotatable bonds is 1. The number of hydrogen-bond acceptors (Lipinski definition) is 4. The van der Waals surface area contributed by atoms with Crippen LogP contribution in [0.5, 0.6) is 0 Å². The predicted molar refractivity (Wildman–Crippen MR) is 60.0 cm³/mol. The third kappa shape index (κ3) is 2.03. The van der Waals surface area contributed by atoms with Crippen molar-refractivity contribution in [1.29, 1.82) is 0 Å². The highest BCUT2D eigenvalue weighted by Gasteiger charge is 2.46. The average Bonchev–Trinajstić information content (AvgIpc) is 2.40. The Morgan fingerprint density at radius 1 is 1.50 bits per heavy atom. The van der Waals surface area contributed by atoms with E-state index in [1.54, 1.807) is 24.9 Å². The molecule has 1 rings (SSSR count). The van der Waals surface area contributed by atoms with Crippen molar-refractivity contribution in [3.8, 4) is 0 Å². The first-order valence-electron chi connectivity index (χ1n) is 5.08. The summed E-state index contributed by atoms with van der Waals surface area (Å²) in [5.41, 5.74) is -0.199. The molecule has 1 fully saturated rings. The summed E-state index contributed by atoms with van der Waals surface area (Å²) in [6.45, 7) is 3.75. The van der Waals surface area contributed by atoms with Gasteiger partial charge in [-0.2, -0.15) is 0 Å². The van der Waals surface area contributed by atoms with E-state index in [1.807, 2.05) is 14.1 Å². The molecule has 0 saturated carbocycles. The molecule has 5 nitrogen and oxygen atoms in total. The molecule has 0 aromatic carbocycles. The first-order chi connectivity index (χ1) is 7.30. The van der Waals surface area contributed by atoms with Crippen molar-refractivity contribution < 1.29 is 14.3 Å². The van der Waals surface area contributed by atoms with Crippen molar-refractivity contribution in [2.24, 2.45) is 0 Å². The molecule has 0 radical (unpaired) electrons. The van der Waals surface area contributed by atoms with E-state index in [-0.39, 0.29) is 5.78 Å². The summed E-state index contributed by atoms with van der Waals surface area (Å²) in [5, 5.41) is 0. The molecule has 0 spiro atoms. The third-order valence-corrected chi connectivity index (χ3v) is 2.66. The van der Waals surface area contributed by atoms with Crippen molar-refractivity contribution in [3.63, 3.8) is 0 Å². The van der Waals surface area contributed by atoms with Crippen LogP contribution in [0.1, 0.15) is 13.8 Å². The molecule has 0 aromatic rings. The molecule has 0 aromatic heterocycles. The number of ketones is 1. The van der Waals surface area contributed by atoms with Gasteiger partial charge in [-0.15, -0.1) is 0 Å². The molecule has 1 heterocycles. The maximum absolute atomic E-state index is 12.0. The number of hydrogen-bond donors (Lipinski definition) is 0.